The number of aryl methyl sites for hydroxylation is 1. The molecule has 118 valence electrons. The molecule has 4 nitrogen and oxygen atoms in total. The van der Waals surface area contributed by atoms with E-state index in [0.29, 0.717) is 6.42 Å². The summed E-state index contributed by atoms with van der Waals surface area (Å²) in [7, 11) is 0. The van der Waals surface area contributed by atoms with Gasteiger partial charge < -0.3 is 15.7 Å². The molecular weight excluding hydrogens is 284 g/mol. The van der Waals surface area contributed by atoms with Crippen LogP contribution in [-0.2, 0) is 4.79 Å². The molecule has 0 heterocycles. The molecule has 3 atom stereocenters. The van der Waals surface area contributed by atoms with Crippen molar-refractivity contribution in [2.24, 2.45) is 0 Å². The fourth-order valence-electron chi connectivity index (χ4n) is 2.24. The summed E-state index contributed by atoms with van der Waals surface area (Å²) in [4.78, 5) is 12.1. The van der Waals surface area contributed by atoms with E-state index in [-0.39, 0.29) is 29.8 Å². The van der Waals surface area contributed by atoms with E-state index in [1.54, 1.807) is 11.8 Å². The zero-order chi connectivity index (χ0) is 15.8. The van der Waals surface area contributed by atoms with Crippen molar-refractivity contribution in [3.63, 3.8) is 0 Å². The van der Waals surface area contributed by atoms with Gasteiger partial charge in [0.05, 0.1) is 6.61 Å². The minimum absolute atomic E-state index is 0.00111. The largest absolute Gasteiger partial charge is 0.395 e. The zero-order valence-electron chi connectivity index (χ0n) is 13.2. The number of benzene rings is 1. The van der Waals surface area contributed by atoms with E-state index in [1.165, 1.54) is 0 Å². The number of anilines is 1. The van der Waals surface area contributed by atoms with Gasteiger partial charge in [-0.25, -0.2) is 0 Å². The van der Waals surface area contributed by atoms with E-state index in [0.717, 1.165) is 11.3 Å². The first kappa shape index (κ1) is 18.0. The van der Waals surface area contributed by atoms with Crippen molar-refractivity contribution >= 4 is 23.4 Å². The second-order valence-corrected chi connectivity index (χ2v) is 6.46. The van der Waals surface area contributed by atoms with Gasteiger partial charge in [0.2, 0.25) is 5.91 Å². The van der Waals surface area contributed by atoms with Gasteiger partial charge in [-0.15, -0.1) is 0 Å². The summed E-state index contributed by atoms with van der Waals surface area (Å²) in [6.07, 6.45) is 2.39. The quantitative estimate of drug-likeness (QED) is 0.690. The Morgan fingerprint density at radius 1 is 1.33 bits per heavy atom. The maximum atomic E-state index is 12.1. The van der Waals surface area contributed by atoms with E-state index in [2.05, 4.69) is 10.6 Å². The van der Waals surface area contributed by atoms with Crippen molar-refractivity contribution < 1.29 is 9.90 Å². The fraction of sp³-hybridized carbons (Fsp3) is 0.562. The average molecular weight is 310 g/mol. The number of hydrogen-bond donors (Lipinski definition) is 3. The van der Waals surface area contributed by atoms with Crippen LogP contribution in [0.4, 0.5) is 5.69 Å². The van der Waals surface area contributed by atoms with Crippen LogP contribution in [0, 0.1) is 6.92 Å². The Labute approximate surface area is 131 Å². The Bertz CT molecular complexity index is 450. The molecule has 5 heteroatoms. The highest BCUT2D eigenvalue weighted by atomic mass is 32.2. The number of para-hydroxylation sites is 1. The molecule has 0 aliphatic rings. The number of nitrogens with one attached hydrogen (secondary N) is 2. The van der Waals surface area contributed by atoms with Gasteiger partial charge in [-0.2, -0.15) is 11.8 Å². The van der Waals surface area contributed by atoms with Gasteiger partial charge in [0.25, 0.3) is 0 Å². The van der Waals surface area contributed by atoms with Crippen LogP contribution in [0.25, 0.3) is 0 Å². The highest BCUT2D eigenvalue weighted by Crippen LogP contribution is 2.14. The maximum absolute atomic E-state index is 12.1. The standard InChI is InChI=1S/C16H26N2O2S/c1-11-7-5-6-8-14(11)18-16(20)9-12(2)17-13(3)15(10-19)21-4/h5-8,12-13,15,17,19H,9-10H2,1-4H3,(H,18,20). The van der Waals surface area contributed by atoms with E-state index < -0.39 is 0 Å². The van der Waals surface area contributed by atoms with Crippen LogP contribution in [0.3, 0.4) is 0 Å². The third-order valence-corrected chi connectivity index (χ3v) is 4.66. The molecule has 1 aromatic carbocycles. The molecule has 0 bridgehead atoms. The minimum Gasteiger partial charge on any atom is -0.395 e. The molecule has 3 N–H and O–H groups in total. The van der Waals surface area contributed by atoms with E-state index in [1.807, 2.05) is 51.3 Å². The molecule has 0 saturated carbocycles. The van der Waals surface area contributed by atoms with Gasteiger partial charge in [-0.3, -0.25) is 4.79 Å². The minimum atomic E-state index is 0.00111. The van der Waals surface area contributed by atoms with Gasteiger partial charge in [0, 0.05) is 29.4 Å². The number of amides is 1. The van der Waals surface area contributed by atoms with Crippen LogP contribution in [0.2, 0.25) is 0 Å². The molecule has 0 spiro atoms. The van der Waals surface area contributed by atoms with Crippen molar-refractivity contribution in [1.82, 2.24) is 5.32 Å². The van der Waals surface area contributed by atoms with E-state index in [4.69, 9.17) is 0 Å². The highest BCUT2D eigenvalue weighted by Gasteiger charge is 2.18. The van der Waals surface area contributed by atoms with E-state index in [9.17, 15) is 9.90 Å². The molecule has 1 aromatic rings. The molecule has 0 aromatic heterocycles. The predicted octanol–water partition coefficient (Wildman–Crippen LogP) is 2.41. The number of carbonyl (C=O) groups is 1. The van der Waals surface area contributed by atoms with Crippen molar-refractivity contribution in [3.05, 3.63) is 29.8 Å². The second-order valence-electron chi connectivity index (χ2n) is 5.38. The average Bonchev–Trinajstić information content (AvgIpc) is 2.42. The normalized spacial score (nSPS) is 15.3. The Hall–Kier alpha value is -1.04. The number of hydrogen-bond acceptors (Lipinski definition) is 4. The van der Waals surface area contributed by atoms with Crippen molar-refractivity contribution in [2.75, 3.05) is 18.2 Å². The summed E-state index contributed by atoms with van der Waals surface area (Å²) in [5.41, 5.74) is 1.92. The third kappa shape index (κ3) is 6.08. The van der Waals surface area contributed by atoms with Gasteiger partial charge >= 0.3 is 0 Å². The number of aliphatic hydroxyl groups excluding tert-OH is 1. The van der Waals surface area contributed by atoms with Crippen LogP contribution in [-0.4, -0.2) is 41.2 Å². The molecule has 1 amide bonds. The summed E-state index contributed by atoms with van der Waals surface area (Å²) in [6, 6.07) is 7.97. The van der Waals surface area contributed by atoms with Crippen molar-refractivity contribution in [2.45, 2.75) is 44.5 Å². The Morgan fingerprint density at radius 3 is 2.57 bits per heavy atom. The predicted molar refractivity (Wildman–Crippen MR) is 90.9 cm³/mol. The molecule has 0 fully saturated rings. The Kier molecular flexibility index (Phi) is 7.78. The number of thioether (sulfide) groups is 1. The summed E-state index contributed by atoms with van der Waals surface area (Å²) < 4.78 is 0. The lowest BCUT2D eigenvalue weighted by Gasteiger charge is -2.25. The zero-order valence-corrected chi connectivity index (χ0v) is 14.0. The number of carbonyl (C=O) groups excluding carboxylic acids is 1. The summed E-state index contributed by atoms with van der Waals surface area (Å²) in [5, 5.41) is 15.7. The first-order valence-electron chi connectivity index (χ1n) is 7.23. The van der Waals surface area contributed by atoms with E-state index >= 15 is 0 Å². The molecule has 1 rings (SSSR count). The maximum Gasteiger partial charge on any atom is 0.225 e. The van der Waals surface area contributed by atoms with Crippen molar-refractivity contribution in [1.29, 1.82) is 0 Å². The van der Waals surface area contributed by atoms with Gasteiger partial charge in [0.1, 0.15) is 0 Å². The van der Waals surface area contributed by atoms with Gasteiger partial charge in [-0.1, -0.05) is 18.2 Å². The fourth-order valence-corrected chi connectivity index (χ4v) is 2.88. The molecule has 0 aliphatic heterocycles. The number of rotatable bonds is 8. The van der Waals surface area contributed by atoms with Crippen LogP contribution >= 0.6 is 11.8 Å². The molecule has 0 radical (unpaired) electrons. The lowest BCUT2D eigenvalue weighted by atomic mass is 10.1. The highest BCUT2D eigenvalue weighted by molar-refractivity contribution is 7.99. The molecule has 0 saturated heterocycles. The Morgan fingerprint density at radius 2 is 2.00 bits per heavy atom. The molecule has 0 aliphatic carbocycles. The number of aliphatic hydroxyl groups is 1. The van der Waals surface area contributed by atoms with Crippen LogP contribution in [0.5, 0.6) is 0 Å². The Balaban J connectivity index is 2.46. The van der Waals surface area contributed by atoms with Crippen LogP contribution in [0.15, 0.2) is 24.3 Å². The van der Waals surface area contributed by atoms with Gasteiger partial charge in [0.15, 0.2) is 0 Å². The first-order valence-corrected chi connectivity index (χ1v) is 8.51. The van der Waals surface area contributed by atoms with Crippen LogP contribution in [0.1, 0.15) is 25.8 Å². The smallest absolute Gasteiger partial charge is 0.225 e. The second kappa shape index (κ2) is 9.07. The first-order chi connectivity index (χ1) is 9.97. The summed E-state index contributed by atoms with van der Waals surface area (Å²) >= 11 is 1.63. The van der Waals surface area contributed by atoms with Gasteiger partial charge in [-0.05, 0) is 38.7 Å². The molecule has 21 heavy (non-hydrogen) atoms. The van der Waals surface area contributed by atoms with Crippen molar-refractivity contribution in [3.8, 4) is 0 Å². The molecule has 3 unspecified atom stereocenters. The summed E-state index contributed by atoms with van der Waals surface area (Å²) in [5.74, 6) is 0.00111. The lowest BCUT2D eigenvalue weighted by Crippen LogP contribution is -2.43. The van der Waals surface area contributed by atoms with Crippen LogP contribution < -0.4 is 10.6 Å². The topological polar surface area (TPSA) is 61.4 Å². The lowest BCUT2D eigenvalue weighted by molar-refractivity contribution is -0.116. The monoisotopic (exact) mass is 310 g/mol. The third-order valence-electron chi connectivity index (χ3n) is 3.50. The SMILES string of the molecule is CSC(CO)C(C)NC(C)CC(=O)Nc1ccccc1C. The molecular formula is C16H26N2O2S. The summed E-state index contributed by atoms with van der Waals surface area (Å²) in [6.45, 7) is 6.14.